The van der Waals surface area contributed by atoms with E-state index >= 15 is 0 Å². The lowest BCUT2D eigenvalue weighted by molar-refractivity contribution is -0.120. The highest BCUT2D eigenvalue weighted by Gasteiger charge is 2.28. The van der Waals surface area contributed by atoms with Gasteiger partial charge in [-0.1, -0.05) is 19.8 Å². The van der Waals surface area contributed by atoms with Crippen LogP contribution in [0, 0.1) is 0 Å². The summed E-state index contributed by atoms with van der Waals surface area (Å²) >= 11 is 0. The summed E-state index contributed by atoms with van der Waals surface area (Å²) in [5.74, 6) is -0.191. The number of hydrogen-bond donors (Lipinski definition) is 2. The topological polar surface area (TPSA) is 58.2 Å². The zero-order chi connectivity index (χ0) is 8.27. The van der Waals surface area contributed by atoms with Crippen molar-refractivity contribution in [1.29, 1.82) is 0 Å². The van der Waals surface area contributed by atoms with Crippen molar-refractivity contribution in [2.24, 2.45) is 0 Å². The Bertz CT molecular complexity index is 179. The molecule has 1 aliphatic heterocycles. The van der Waals surface area contributed by atoms with Crippen molar-refractivity contribution >= 4 is 11.9 Å². The third-order valence-corrected chi connectivity index (χ3v) is 1.70. The molecule has 4 heteroatoms. The summed E-state index contributed by atoms with van der Waals surface area (Å²) in [6.07, 6.45) is 2.76. The van der Waals surface area contributed by atoms with Gasteiger partial charge in [-0.15, -0.1) is 0 Å². The van der Waals surface area contributed by atoms with Gasteiger partial charge in [0.15, 0.2) is 0 Å². The van der Waals surface area contributed by atoms with Crippen molar-refractivity contribution in [2.45, 2.75) is 32.2 Å². The van der Waals surface area contributed by atoms with Crippen LogP contribution < -0.4 is 10.6 Å². The Morgan fingerprint density at radius 2 is 2.18 bits per heavy atom. The van der Waals surface area contributed by atoms with Gasteiger partial charge in [0.05, 0.1) is 0 Å². The summed E-state index contributed by atoms with van der Waals surface area (Å²) in [5.41, 5.74) is 0. The Balaban J connectivity index is 2.34. The van der Waals surface area contributed by atoms with E-state index in [-0.39, 0.29) is 18.0 Å². The zero-order valence-corrected chi connectivity index (χ0v) is 6.52. The molecule has 0 spiro atoms. The van der Waals surface area contributed by atoms with Gasteiger partial charge < -0.3 is 5.32 Å². The maximum atomic E-state index is 10.9. The first-order valence-corrected chi connectivity index (χ1v) is 3.85. The van der Waals surface area contributed by atoms with Crippen LogP contribution in [0.3, 0.4) is 0 Å². The molecule has 1 unspecified atom stereocenters. The van der Waals surface area contributed by atoms with Gasteiger partial charge in [0, 0.05) is 0 Å². The fourth-order valence-electron chi connectivity index (χ4n) is 1.07. The average molecular weight is 156 g/mol. The second-order valence-corrected chi connectivity index (χ2v) is 2.66. The molecule has 1 heterocycles. The van der Waals surface area contributed by atoms with Crippen molar-refractivity contribution in [1.82, 2.24) is 10.6 Å². The van der Waals surface area contributed by atoms with Crippen LogP contribution in [0.15, 0.2) is 0 Å². The summed E-state index contributed by atoms with van der Waals surface area (Å²) in [6.45, 7) is 2.05. The molecule has 0 radical (unpaired) electrons. The number of unbranched alkanes of at least 4 members (excludes halogenated alkanes) is 1. The highest BCUT2D eigenvalue weighted by atomic mass is 16.2. The molecule has 0 bridgehead atoms. The van der Waals surface area contributed by atoms with Gasteiger partial charge in [-0.25, -0.2) is 4.79 Å². The van der Waals surface area contributed by atoms with Gasteiger partial charge in [0.25, 0.3) is 5.91 Å². The van der Waals surface area contributed by atoms with Crippen LogP contribution in [-0.2, 0) is 4.79 Å². The van der Waals surface area contributed by atoms with Crippen LogP contribution in [-0.4, -0.2) is 18.0 Å². The van der Waals surface area contributed by atoms with Crippen LogP contribution in [0.2, 0.25) is 0 Å². The molecule has 1 fully saturated rings. The number of imide groups is 1. The number of carbonyl (C=O) groups is 2. The Labute approximate surface area is 65.3 Å². The van der Waals surface area contributed by atoms with E-state index in [0.717, 1.165) is 19.3 Å². The Hall–Kier alpha value is -1.06. The number of hydrogen-bond acceptors (Lipinski definition) is 2. The summed E-state index contributed by atoms with van der Waals surface area (Å²) in [6, 6.07) is -0.654. The number of nitrogens with one attached hydrogen (secondary N) is 2. The molecule has 0 saturated carbocycles. The summed E-state index contributed by atoms with van der Waals surface area (Å²) < 4.78 is 0. The molecule has 3 amide bonds. The zero-order valence-electron chi connectivity index (χ0n) is 6.52. The van der Waals surface area contributed by atoms with E-state index in [9.17, 15) is 9.59 Å². The Kier molecular flexibility index (Phi) is 2.46. The number of rotatable bonds is 3. The lowest BCUT2D eigenvalue weighted by Gasteiger charge is -2.03. The molecule has 4 nitrogen and oxygen atoms in total. The molecule has 1 rings (SSSR count). The van der Waals surface area contributed by atoms with E-state index < -0.39 is 0 Å². The van der Waals surface area contributed by atoms with E-state index in [2.05, 4.69) is 17.6 Å². The monoisotopic (exact) mass is 156 g/mol. The van der Waals surface area contributed by atoms with Crippen molar-refractivity contribution < 1.29 is 9.59 Å². The van der Waals surface area contributed by atoms with E-state index in [4.69, 9.17) is 0 Å². The van der Waals surface area contributed by atoms with Gasteiger partial charge in [0.2, 0.25) is 0 Å². The second kappa shape index (κ2) is 3.37. The van der Waals surface area contributed by atoms with Crippen LogP contribution in [0.4, 0.5) is 4.79 Å². The number of carbonyl (C=O) groups excluding carboxylic acids is 2. The average Bonchev–Trinajstić information content (AvgIpc) is 2.26. The van der Waals surface area contributed by atoms with E-state index in [0.29, 0.717) is 0 Å². The summed E-state index contributed by atoms with van der Waals surface area (Å²) in [5, 5.41) is 4.73. The molecule has 0 aromatic rings. The first-order chi connectivity index (χ1) is 5.24. The van der Waals surface area contributed by atoms with Crippen molar-refractivity contribution in [3.63, 3.8) is 0 Å². The lowest BCUT2D eigenvalue weighted by atomic mass is 10.1. The molecule has 0 aromatic heterocycles. The molecule has 62 valence electrons. The normalized spacial score (nSPS) is 23.2. The molecule has 1 saturated heterocycles. The smallest absolute Gasteiger partial charge is 0.322 e. The maximum Gasteiger partial charge on any atom is 0.322 e. The second-order valence-electron chi connectivity index (χ2n) is 2.66. The first-order valence-electron chi connectivity index (χ1n) is 3.85. The highest BCUT2D eigenvalue weighted by Crippen LogP contribution is 2.03. The third-order valence-electron chi connectivity index (χ3n) is 1.70. The molecular formula is C7H12N2O2. The van der Waals surface area contributed by atoms with Crippen molar-refractivity contribution in [3.8, 4) is 0 Å². The summed E-state index contributed by atoms with van der Waals surface area (Å²) in [7, 11) is 0. The molecule has 2 N–H and O–H groups in total. The molecule has 1 atom stereocenters. The van der Waals surface area contributed by atoms with Gasteiger partial charge in [-0.2, -0.15) is 0 Å². The molecular weight excluding hydrogens is 144 g/mol. The predicted octanol–water partition coefficient (Wildman–Crippen LogP) is 0.385. The first kappa shape index (κ1) is 8.04. The minimum Gasteiger partial charge on any atom is -0.326 e. The minimum absolute atomic E-state index is 0.191. The number of amides is 3. The molecule has 1 aliphatic rings. The van der Waals surface area contributed by atoms with Crippen LogP contribution in [0.25, 0.3) is 0 Å². The third kappa shape index (κ3) is 1.93. The van der Waals surface area contributed by atoms with E-state index in [1.54, 1.807) is 0 Å². The lowest BCUT2D eigenvalue weighted by Crippen LogP contribution is -2.28. The standard InChI is InChI=1S/C7H12N2O2/c1-2-3-4-5-6(10)9-7(11)8-5/h5H,2-4H2,1H3,(H2,8,9,10,11). The minimum atomic E-state index is -0.365. The van der Waals surface area contributed by atoms with E-state index in [1.165, 1.54) is 0 Å². The maximum absolute atomic E-state index is 10.9. The fraction of sp³-hybridized carbons (Fsp3) is 0.714. The fourth-order valence-corrected chi connectivity index (χ4v) is 1.07. The predicted molar refractivity (Wildman–Crippen MR) is 40.0 cm³/mol. The molecule has 0 aliphatic carbocycles. The van der Waals surface area contributed by atoms with Crippen LogP contribution in [0.1, 0.15) is 26.2 Å². The molecule has 0 aromatic carbocycles. The largest absolute Gasteiger partial charge is 0.326 e. The van der Waals surface area contributed by atoms with Crippen LogP contribution >= 0.6 is 0 Å². The SMILES string of the molecule is CCCCC1NC(=O)NC1=O. The van der Waals surface area contributed by atoms with Gasteiger partial charge in [0.1, 0.15) is 6.04 Å². The number of urea groups is 1. The molecule has 11 heavy (non-hydrogen) atoms. The Morgan fingerprint density at radius 1 is 1.45 bits per heavy atom. The summed E-state index contributed by atoms with van der Waals surface area (Å²) in [4.78, 5) is 21.5. The van der Waals surface area contributed by atoms with Gasteiger partial charge >= 0.3 is 6.03 Å². The Morgan fingerprint density at radius 3 is 2.64 bits per heavy atom. The van der Waals surface area contributed by atoms with Gasteiger partial charge in [-0.05, 0) is 6.42 Å². The quantitative estimate of drug-likeness (QED) is 0.580. The highest BCUT2D eigenvalue weighted by molar-refractivity contribution is 6.04. The van der Waals surface area contributed by atoms with Crippen molar-refractivity contribution in [2.75, 3.05) is 0 Å². The van der Waals surface area contributed by atoms with Crippen LogP contribution in [0.5, 0.6) is 0 Å². The van der Waals surface area contributed by atoms with Crippen molar-refractivity contribution in [3.05, 3.63) is 0 Å². The van der Waals surface area contributed by atoms with Gasteiger partial charge in [-0.3, -0.25) is 10.1 Å². The van der Waals surface area contributed by atoms with E-state index in [1.807, 2.05) is 0 Å².